The molecule has 0 aliphatic carbocycles. The van der Waals surface area contributed by atoms with E-state index in [4.69, 9.17) is 23.7 Å². The molecule has 0 radical (unpaired) electrons. The summed E-state index contributed by atoms with van der Waals surface area (Å²) in [6.45, 7) is 9.50. The number of hydrogen-bond acceptors (Lipinski definition) is 6. The van der Waals surface area contributed by atoms with Gasteiger partial charge in [0.25, 0.3) is 0 Å². The second-order valence-corrected chi connectivity index (χ2v) is 3.35. The molecule has 1 N–H and O–H groups in total. The molecule has 6 heteroatoms. The molecule has 0 fully saturated rings. The van der Waals surface area contributed by atoms with Gasteiger partial charge >= 0.3 is 5.97 Å². The Morgan fingerprint density at radius 1 is 0.833 bits per heavy atom. The minimum atomic E-state index is -1.88. The van der Waals surface area contributed by atoms with Crippen LogP contribution in [0.1, 0.15) is 27.7 Å². The van der Waals surface area contributed by atoms with Crippen LogP contribution in [0.4, 0.5) is 0 Å². The summed E-state index contributed by atoms with van der Waals surface area (Å²) in [6, 6.07) is 0. The van der Waals surface area contributed by atoms with Crippen molar-refractivity contribution in [1.82, 2.24) is 0 Å². The van der Waals surface area contributed by atoms with Gasteiger partial charge < -0.3 is 28.8 Å². The fourth-order valence-electron chi connectivity index (χ4n) is 1.36. The fraction of sp³-hybridized carbons (Fsp3) is 1.00. The molecule has 0 rings (SSSR count). The van der Waals surface area contributed by atoms with Crippen molar-refractivity contribution in [2.75, 3.05) is 39.6 Å². The van der Waals surface area contributed by atoms with Crippen molar-refractivity contribution in [2.24, 2.45) is 0 Å². The molecule has 0 aromatic carbocycles. The second-order valence-electron chi connectivity index (χ2n) is 3.35. The van der Waals surface area contributed by atoms with Crippen molar-refractivity contribution >= 4 is 0 Å². The van der Waals surface area contributed by atoms with Crippen LogP contribution in [0.25, 0.3) is 0 Å². The first-order valence-electron chi connectivity index (χ1n) is 6.45. The zero-order valence-electron chi connectivity index (χ0n) is 11.8. The van der Waals surface area contributed by atoms with E-state index in [0.717, 1.165) is 0 Å². The van der Waals surface area contributed by atoms with Gasteiger partial charge in [0.15, 0.2) is 0 Å². The molecule has 0 aliphatic rings. The van der Waals surface area contributed by atoms with Crippen molar-refractivity contribution < 1.29 is 28.8 Å². The van der Waals surface area contributed by atoms with Crippen LogP contribution in [0.2, 0.25) is 0 Å². The van der Waals surface area contributed by atoms with Gasteiger partial charge in [-0.3, -0.25) is 0 Å². The van der Waals surface area contributed by atoms with E-state index in [9.17, 15) is 5.11 Å². The Kier molecular flexibility index (Phi) is 10.5. The largest absolute Gasteiger partial charge is 0.379 e. The van der Waals surface area contributed by atoms with Gasteiger partial charge in [0.1, 0.15) is 0 Å². The van der Waals surface area contributed by atoms with Gasteiger partial charge in [-0.25, -0.2) is 0 Å². The van der Waals surface area contributed by atoms with E-state index in [1.165, 1.54) is 0 Å². The lowest BCUT2D eigenvalue weighted by Gasteiger charge is -2.33. The highest BCUT2D eigenvalue weighted by atomic mass is 16.9. The standard InChI is InChI=1S/C12H26O6/c1-5-14-9-10-16-11(15-6-2)12(13,17-7-3)18-8-4/h11,13H,5-10H2,1-4H3. The van der Waals surface area contributed by atoms with Gasteiger partial charge in [0.05, 0.1) is 13.2 Å². The van der Waals surface area contributed by atoms with Crippen LogP contribution in [-0.4, -0.2) is 57.0 Å². The van der Waals surface area contributed by atoms with Gasteiger partial charge in [-0.15, -0.1) is 0 Å². The van der Waals surface area contributed by atoms with Gasteiger partial charge in [-0.1, -0.05) is 0 Å². The predicted molar refractivity (Wildman–Crippen MR) is 66.1 cm³/mol. The molecule has 0 saturated heterocycles. The lowest BCUT2D eigenvalue weighted by Crippen LogP contribution is -2.50. The molecule has 1 unspecified atom stereocenters. The minimum Gasteiger partial charge on any atom is -0.379 e. The quantitative estimate of drug-likeness (QED) is 0.422. The SMILES string of the molecule is CCOCCOC(OCC)C(O)(OCC)OCC. The van der Waals surface area contributed by atoms with Crippen LogP contribution >= 0.6 is 0 Å². The molecule has 0 aromatic rings. The average molecular weight is 266 g/mol. The summed E-state index contributed by atoms with van der Waals surface area (Å²) in [5, 5.41) is 10.2. The zero-order valence-corrected chi connectivity index (χ0v) is 11.8. The van der Waals surface area contributed by atoms with Gasteiger partial charge in [-0.05, 0) is 27.7 Å². The Morgan fingerprint density at radius 3 is 1.89 bits per heavy atom. The van der Waals surface area contributed by atoms with E-state index < -0.39 is 12.3 Å². The fourth-order valence-corrected chi connectivity index (χ4v) is 1.36. The predicted octanol–water partition coefficient (Wildman–Crippen LogP) is 1.12. The smallest absolute Gasteiger partial charge is 0.334 e. The molecular weight excluding hydrogens is 240 g/mol. The molecule has 0 saturated carbocycles. The molecule has 0 aromatic heterocycles. The van der Waals surface area contributed by atoms with E-state index in [2.05, 4.69) is 0 Å². The van der Waals surface area contributed by atoms with Gasteiger partial charge in [0, 0.05) is 26.4 Å². The normalized spacial score (nSPS) is 13.8. The Labute approximate surface area is 109 Å². The molecule has 0 amide bonds. The summed E-state index contributed by atoms with van der Waals surface area (Å²) < 4.78 is 26.2. The zero-order chi connectivity index (χ0) is 13.9. The molecule has 0 spiro atoms. The monoisotopic (exact) mass is 266 g/mol. The van der Waals surface area contributed by atoms with Crippen LogP contribution in [0.15, 0.2) is 0 Å². The molecule has 0 bridgehead atoms. The Balaban J connectivity index is 4.38. The molecule has 1 atom stereocenters. The topological polar surface area (TPSA) is 66.4 Å². The maximum absolute atomic E-state index is 10.2. The highest BCUT2D eigenvalue weighted by Gasteiger charge is 2.41. The second kappa shape index (κ2) is 10.7. The summed E-state index contributed by atoms with van der Waals surface area (Å²) in [5.41, 5.74) is 0. The Hall–Kier alpha value is -0.240. The first-order chi connectivity index (χ1) is 8.64. The van der Waals surface area contributed by atoms with Crippen molar-refractivity contribution in [3.63, 3.8) is 0 Å². The van der Waals surface area contributed by atoms with Crippen LogP contribution in [-0.2, 0) is 23.7 Å². The molecular formula is C12H26O6. The van der Waals surface area contributed by atoms with Crippen LogP contribution < -0.4 is 0 Å². The molecule has 0 heterocycles. The van der Waals surface area contributed by atoms with E-state index >= 15 is 0 Å². The lowest BCUT2D eigenvalue weighted by atomic mass is 10.5. The summed E-state index contributed by atoms with van der Waals surface area (Å²) in [5.74, 6) is -1.88. The third kappa shape index (κ3) is 6.63. The first-order valence-corrected chi connectivity index (χ1v) is 6.45. The molecule has 18 heavy (non-hydrogen) atoms. The van der Waals surface area contributed by atoms with E-state index in [0.29, 0.717) is 26.4 Å². The minimum absolute atomic E-state index is 0.287. The first kappa shape index (κ1) is 17.8. The maximum atomic E-state index is 10.2. The number of ether oxygens (including phenoxy) is 5. The highest BCUT2D eigenvalue weighted by molar-refractivity contribution is 4.61. The highest BCUT2D eigenvalue weighted by Crippen LogP contribution is 2.19. The number of aliphatic hydroxyl groups is 1. The molecule has 6 nitrogen and oxygen atoms in total. The third-order valence-corrected chi connectivity index (χ3v) is 2.02. The number of rotatable bonds is 12. The Bertz CT molecular complexity index is 181. The summed E-state index contributed by atoms with van der Waals surface area (Å²) in [7, 11) is 0. The molecule has 0 aliphatic heterocycles. The third-order valence-electron chi connectivity index (χ3n) is 2.02. The van der Waals surface area contributed by atoms with Crippen LogP contribution in [0, 0.1) is 0 Å². The van der Waals surface area contributed by atoms with Crippen LogP contribution in [0.5, 0.6) is 0 Å². The Morgan fingerprint density at radius 2 is 1.44 bits per heavy atom. The van der Waals surface area contributed by atoms with Crippen molar-refractivity contribution in [1.29, 1.82) is 0 Å². The van der Waals surface area contributed by atoms with Crippen molar-refractivity contribution in [3.8, 4) is 0 Å². The summed E-state index contributed by atoms with van der Waals surface area (Å²) >= 11 is 0. The maximum Gasteiger partial charge on any atom is 0.334 e. The van der Waals surface area contributed by atoms with Crippen molar-refractivity contribution in [2.45, 2.75) is 40.0 Å². The van der Waals surface area contributed by atoms with Gasteiger partial charge in [-0.2, -0.15) is 0 Å². The summed E-state index contributed by atoms with van der Waals surface area (Å²) in [4.78, 5) is 0. The van der Waals surface area contributed by atoms with Crippen molar-refractivity contribution in [3.05, 3.63) is 0 Å². The van der Waals surface area contributed by atoms with Crippen LogP contribution in [0.3, 0.4) is 0 Å². The van der Waals surface area contributed by atoms with Gasteiger partial charge in [0.2, 0.25) is 6.29 Å². The average Bonchev–Trinajstić information content (AvgIpc) is 2.33. The van der Waals surface area contributed by atoms with E-state index in [1.54, 1.807) is 20.8 Å². The van der Waals surface area contributed by atoms with E-state index in [1.807, 2.05) is 6.92 Å². The molecule has 110 valence electrons. The number of hydrogen-bond donors (Lipinski definition) is 1. The summed E-state index contributed by atoms with van der Waals surface area (Å²) in [6.07, 6.45) is -0.997. The van der Waals surface area contributed by atoms with E-state index in [-0.39, 0.29) is 13.2 Å². The lowest BCUT2D eigenvalue weighted by molar-refractivity contribution is -0.440.